The molecule has 20 heavy (non-hydrogen) atoms. The molecule has 0 N–H and O–H groups in total. The van der Waals surface area contributed by atoms with E-state index in [1.165, 1.54) is 0 Å². The average Bonchev–Trinajstić information content (AvgIpc) is 2.89. The van der Waals surface area contributed by atoms with E-state index in [9.17, 15) is 24.0 Å². The highest BCUT2D eigenvalue weighted by Crippen LogP contribution is 2.05. The molecule has 9 nitrogen and oxygen atoms in total. The van der Waals surface area contributed by atoms with Crippen LogP contribution in [-0.4, -0.2) is 53.0 Å². The molecule has 0 atom stereocenters. The first-order valence-electron chi connectivity index (χ1n) is 5.35. The maximum absolute atomic E-state index is 11.2. The Morgan fingerprint density at radius 3 is 1.35 bits per heavy atom. The lowest BCUT2D eigenvalue weighted by molar-refractivity contribution is -0.142. The van der Waals surface area contributed by atoms with Crippen LogP contribution in [0.15, 0.2) is 24.3 Å². The highest BCUT2D eigenvalue weighted by atomic mass is 16.7. The van der Waals surface area contributed by atoms with E-state index in [0.29, 0.717) is 9.80 Å². The molecule has 0 saturated carbocycles. The summed E-state index contributed by atoms with van der Waals surface area (Å²) >= 11 is 0. The predicted molar refractivity (Wildman–Crippen MR) is 59.3 cm³/mol. The lowest BCUT2D eigenvalue weighted by atomic mass is 10.6. The fourth-order valence-corrected chi connectivity index (χ4v) is 1.39. The Kier molecular flexibility index (Phi) is 3.60. The van der Waals surface area contributed by atoms with Crippen LogP contribution in [0.25, 0.3) is 0 Å². The molecule has 0 aromatic heterocycles. The number of ether oxygens (including phenoxy) is 2. The average molecular weight is 280 g/mol. The Hall–Kier alpha value is -2.97. The molecule has 2 heterocycles. The van der Waals surface area contributed by atoms with E-state index in [4.69, 9.17) is 0 Å². The summed E-state index contributed by atoms with van der Waals surface area (Å²) in [6, 6.07) is 0. The third kappa shape index (κ3) is 2.71. The van der Waals surface area contributed by atoms with E-state index < -0.39 is 43.2 Å². The number of hydrogen-bond donors (Lipinski definition) is 0. The van der Waals surface area contributed by atoms with Crippen LogP contribution in [0.1, 0.15) is 0 Å². The van der Waals surface area contributed by atoms with Crippen molar-refractivity contribution in [1.29, 1.82) is 0 Å². The molecule has 0 aromatic rings. The Labute approximate surface area is 112 Å². The number of carbonyl (C=O) groups excluding carboxylic acids is 5. The molecule has 0 spiro atoms. The van der Waals surface area contributed by atoms with Crippen LogP contribution >= 0.6 is 0 Å². The summed E-state index contributed by atoms with van der Waals surface area (Å²) in [7, 11) is 0. The van der Waals surface area contributed by atoms with Crippen LogP contribution in [0.5, 0.6) is 0 Å². The lowest BCUT2D eigenvalue weighted by Crippen LogP contribution is -2.36. The predicted octanol–water partition coefficient (Wildman–Crippen LogP) is -1.10. The normalized spacial score (nSPS) is 17.4. The Balaban J connectivity index is 1.74. The van der Waals surface area contributed by atoms with Crippen molar-refractivity contribution < 1.29 is 33.4 Å². The molecule has 2 rings (SSSR count). The minimum absolute atomic E-state index is 0.607. The standard InChI is InChI=1S/C11H8N2O7/c14-7-1-2-8(15)12(7)5-19-11(18)20-6-13-9(16)3-4-10(13)17/h1-4H,5-6H2. The number of imide groups is 2. The van der Waals surface area contributed by atoms with Gasteiger partial charge in [0.05, 0.1) is 0 Å². The van der Waals surface area contributed by atoms with Gasteiger partial charge in [0.1, 0.15) is 0 Å². The zero-order chi connectivity index (χ0) is 14.7. The largest absolute Gasteiger partial charge is 0.511 e. The quantitative estimate of drug-likeness (QED) is 0.475. The lowest BCUT2D eigenvalue weighted by Gasteiger charge is -2.16. The van der Waals surface area contributed by atoms with Gasteiger partial charge in [-0.15, -0.1) is 0 Å². The SMILES string of the molecule is O=C(OCN1C(=O)C=CC1=O)OCN1C(=O)C=CC1=O. The fourth-order valence-electron chi connectivity index (χ4n) is 1.39. The van der Waals surface area contributed by atoms with Crippen molar-refractivity contribution in [3.8, 4) is 0 Å². The van der Waals surface area contributed by atoms with Gasteiger partial charge in [0.25, 0.3) is 23.6 Å². The summed E-state index contributed by atoms with van der Waals surface area (Å²) in [5.41, 5.74) is 0. The molecular formula is C11H8N2O7. The van der Waals surface area contributed by atoms with Gasteiger partial charge in [-0.2, -0.15) is 0 Å². The second-order valence-corrected chi connectivity index (χ2v) is 3.67. The van der Waals surface area contributed by atoms with Gasteiger partial charge < -0.3 is 9.47 Å². The van der Waals surface area contributed by atoms with Crippen LogP contribution in [0.4, 0.5) is 4.79 Å². The maximum Gasteiger partial charge on any atom is 0.511 e. The Morgan fingerprint density at radius 1 is 0.750 bits per heavy atom. The van der Waals surface area contributed by atoms with Crippen LogP contribution in [0.2, 0.25) is 0 Å². The molecule has 0 fully saturated rings. The second kappa shape index (κ2) is 5.34. The van der Waals surface area contributed by atoms with E-state index in [0.717, 1.165) is 24.3 Å². The third-order valence-electron chi connectivity index (χ3n) is 2.42. The van der Waals surface area contributed by atoms with E-state index in [2.05, 4.69) is 9.47 Å². The molecule has 104 valence electrons. The number of rotatable bonds is 4. The molecule has 4 amide bonds. The summed E-state index contributed by atoms with van der Waals surface area (Å²) < 4.78 is 9.02. The van der Waals surface area contributed by atoms with Gasteiger partial charge in [-0.1, -0.05) is 0 Å². The molecule has 0 bridgehead atoms. The number of hydrogen-bond acceptors (Lipinski definition) is 7. The summed E-state index contributed by atoms with van der Waals surface area (Å²) in [5, 5.41) is 0. The number of carbonyl (C=O) groups is 5. The molecular weight excluding hydrogens is 272 g/mol. The minimum atomic E-state index is -1.22. The highest BCUT2D eigenvalue weighted by molar-refractivity contribution is 6.13. The second-order valence-electron chi connectivity index (χ2n) is 3.67. The molecule has 0 aliphatic carbocycles. The topological polar surface area (TPSA) is 110 Å². The van der Waals surface area contributed by atoms with Gasteiger partial charge in [0.2, 0.25) is 0 Å². The van der Waals surface area contributed by atoms with Crippen LogP contribution < -0.4 is 0 Å². The first-order valence-corrected chi connectivity index (χ1v) is 5.35. The van der Waals surface area contributed by atoms with Gasteiger partial charge in [-0.3, -0.25) is 19.2 Å². The fraction of sp³-hybridized carbons (Fsp3) is 0.182. The van der Waals surface area contributed by atoms with Crippen molar-refractivity contribution in [2.75, 3.05) is 13.5 Å². The minimum Gasteiger partial charge on any atom is -0.412 e. The van der Waals surface area contributed by atoms with E-state index in [1.54, 1.807) is 0 Å². The van der Waals surface area contributed by atoms with Crippen molar-refractivity contribution in [3.05, 3.63) is 24.3 Å². The molecule has 9 heteroatoms. The van der Waals surface area contributed by atoms with Crippen molar-refractivity contribution in [1.82, 2.24) is 9.80 Å². The van der Waals surface area contributed by atoms with Crippen molar-refractivity contribution in [3.63, 3.8) is 0 Å². The Bertz CT molecular complexity index is 479. The van der Waals surface area contributed by atoms with Gasteiger partial charge in [-0.25, -0.2) is 14.6 Å². The van der Waals surface area contributed by atoms with Crippen LogP contribution in [0, 0.1) is 0 Å². The summed E-state index contributed by atoms with van der Waals surface area (Å²) in [6.07, 6.45) is 2.91. The molecule has 0 radical (unpaired) electrons. The highest BCUT2D eigenvalue weighted by Gasteiger charge is 2.27. The number of nitrogens with zero attached hydrogens (tertiary/aromatic N) is 2. The van der Waals surface area contributed by atoms with E-state index in [-0.39, 0.29) is 0 Å². The van der Waals surface area contributed by atoms with Gasteiger partial charge in [-0.05, 0) is 0 Å². The third-order valence-corrected chi connectivity index (χ3v) is 2.42. The van der Waals surface area contributed by atoms with E-state index in [1.807, 2.05) is 0 Å². The maximum atomic E-state index is 11.2. The summed E-state index contributed by atoms with van der Waals surface area (Å²) in [4.78, 5) is 57.1. The van der Waals surface area contributed by atoms with Crippen molar-refractivity contribution in [2.24, 2.45) is 0 Å². The van der Waals surface area contributed by atoms with Gasteiger partial charge >= 0.3 is 6.16 Å². The van der Waals surface area contributed by atoms with E-state index >= 15 is 0 Å². The Morgan fingerprint density at radius 2 is 1.05 bits per heavy atom. The molecule has 0 aromatic carbocycles. The molecule has 2 aliphatic heterocycles. The molecule has 2 aliphatic rings. The van der Waals surface area contributed by atoms with Gasteiger partial charge in [0.15, 0.2) is 13.5 Å². The molecule has 0 unspecified atom stereocenters. The summed E-state index contributed by atoms with van der Waals surface area (Å²) in [5.74, 6) is -2.46. The first kappa shape index (κ1) is 13.5. The van der Waals surface area contributed by atoms with Crippen molar-refractivity contribution in [2.45, 2.75) is 0 Å². The number of amides is 4. The van der Waals surface area contributed by atoms with Gasteiger partial charge in [0, 0.05) is 24.3 Å². The zero-order valence-corrected chi connectivity index (χ0v) is 9.98. The zero-order valence-electron chi connectivity index (χ0n) is 9.98. The smallest absolute Gasteiger partial charge is 0.412 e. The first-order chi connectivity index (χ1) is 9.49. The summed E-state index contributed by atoms with van der Waals surface area (Å²) in [6.45, 7) is -1.21. The van der Waals surface area contributed by atoms with Crippen LogP contribution in [0.3, 0.4) is 0 Å². The van der Waals surface area contributed by atoms with Crippen molar-refractivity contribution >= 4 is 29.8 Å². The van der Waals surface area contributed by atoms with Crippen LogP contribution in [-0.2, 0) is 28.7 Å². The molecule has 0 saturated heterocycles. The monoisotopic (exact) mass is 280 g/mol.